The summed E-state index contributed by atoms with van der Waals surface area (Å²) in [6, 6.07) is 10.6. The van der Waals surface area contributed by atoms with Gasteiger partial charge in [-0.25, -0.2) is 4.68 Å². The zero-order valence-corrected chi connectivity index (χ0v) is 17.1. The molecule has 0 radical (unpaired) electrons. The Labute approximate surface area is 169 Å². The topological polar surface area (TPSA) is 24.3 Å². The highest BCUT2D eigenvalue weighted by atomic mass is 15.3. The molecule has 0 atom stereocenters. The molecular formula is C24H34N4. The van der Waals surface area contributed by atoms with Crippen LogP contribution in [0, 0.1) is 5.92 Å². The summed E-state index contributed by atoms with van der Waals surface area (Å²) in [5.74, 6) is 1.58. The van der Waals surface area contributed by atoms with Gasteiger partial charge in [0.15, 0.2) is 0 Å². The Morgan fingerprint density at radius 1 is 0.857 bits per heavy atom. The quantitative estimate of drug-likeness (QED) is 0.719. The lowest BCUT2D eigenvalue weighted by atomic mass is 9.82. The minimum absolute atomic E-state index is 0.674. The predicted octanol–water partition coefficient (Wildman–Crippen LogP) is 4.84. The molecule has 28 heavy (non-hydrogen) atoms. The molecule has 5 rings (SSSR count). The number of aromatic nitrogens is 2. The van der Waals surface area contributed by atoms with Crippen molar-refractivity contribution in [2.24, 2.45) is 5.92 Å². The summed E-state index contributed by atoms with van der Waals surface area (Å²) in [6.07, 6.45) is 13.2. The second kappa shape index (κ2) is 8.28. The monoisotopic (exact) mass is 378 g/mol. The molecule has 0 unspecified atom stereocenters. The van der Waals surface area contributed by atoms with Gasteiger partial charge in [0.05, 0.1) is 23.3 Å². The van der Waals surface area contributed by atoms with Gasteiger partial charge in [-0.3, -0.25) is 0 Å². The van der Waals surface area contributed by atoms with Crippen molar-refractivity contribution in [3.8, 4) is 5.69 Å². The number of hydrogen-bond acceptors (Lipinski definition) is 3. The Morgan fingerprint density at radius 3 is 2.29 bits per heavy atom. The molecule has 3 aliphatic rings. The number of hydrogen-bond donors (Lipinski definition) is 0. The largest absolute Gasteiger partial charge is 0.369 e. The molecule has 0 amide bonds. The Morgan fingerprint density at radius 2 is 1.61 bits per heavy atom. The van der Waals surface area contributed by atoms with E-state index in [0.717, 1.165) is 5.92 Å². The lowest BCUT2D eigenvalue weighted by molar-refractivity contribution is 0.280. The van der Waals surface area contributed by atoms with E-state index in [2.05, 4.69) is 51.0 Å². The molecule has 2 aliphatic heterocycles. The Bertz CT molecular complexity index is 750. The van der Waals surface area contributed by atoms with Crippen LogP contribution >= 0.6 is 0 Å². The van der Waals surface area contributed by atoms with Gasteiger partial charge in [-0.1, -0.05) is 24.6 Å². The van der Waals surface area contributed by atoms with Gasteiger partial charge in [0.25, 0.3) is 0 Å². The van der Waals surface area contributed by atoms with E-state index in [1.54, 1.807) is 0 Å². The highest BCUT2D eigenvalue weighted by molar-refractivity contribution is 5.53. The Hall–Kier alpha value is -1.81. The normalized spacial score (nSPS) is 21.9. The van der Waals surface area contributed by atoms with Crippen molar-refractivity contribution >= 4 is 5.69 Å². The molecule has 3 fully saturated rings. The van der Waals surface area contributed by atoms with Gasteiger partial charge in [-0.15, -0.1) is 0 Å². The average Bonchev–Trinajstić information content (AvgIpc) is 3.37. The standard InChI is InChI=1S/C24H34N4/c1-2-9-22(10-3-1)28-19-23(24(25-28)21-7-6-8-21)27-17-12-20(13-18-27)11-16-26-14-4-5-15-26/h1-3,9-10,19-21H,4-8,11-18H2. The van der Waals surface area contributed by atoms with E-state index < -0.39 is 0 Å². The minimum atomic E-state index is 0.674. The average molecular weight is 379 g/mol. The van der Waals surface area contributed by atoms with Gasteiger partial charge in [0.2, 0.25) is 0 Å². The smallest absolute Gasteiger partial charge is 0.0893 e. The number of piperidine rings is 1. The molecule has 1 aromatic carbocycles. The van der Waals surface area contributed by atoms with Gasteiger partial charge in [-0.2, -0.15) is 5.10 Å². The first-order valence-corrected chi connectivity index (χ1v) is 11.5. The van der Waals surface area contributed by atoms with Crippen LogP contribution in [0.4, 0.5) is 5.69 Å². The second-order valence-corrected chi connectivity index (χ2v) is 9.08. The van der Waals surface area contributed by atoms with Crippen LogP contribution in [0.2, 0.25) is 0 Å². The fourth-order valence-electron chi connectivity index (χ4n) is 5.14. The molecule has 0 spiro atoms. The van der Waals surface area contributed by atoms with Gasteiger partial charge in [0.1, 0.15) is 0 Å². The molecule has 2 aromatic rings. The summed E-state index contributed by atoms with van der Waals surface area (Å²) in [7, 11) is 0. The van der Waals surface area contributed by atoms with Crippen molar-refractivity contribution in [2.45, 2.75) is 57.3 Å². The van der Waals surface area contributed by atoms with Crippen LogP contribution in [0.5, 0.6) is 0 Å². The molecule has 4 heteroatoms. The number of likely N-dealkylation sites (tertiary alicyclic amines) is 1. The third-order valence-electron chi connectivity index (χ3n) is 7.24. The third kappa shape index (κ3) is 3.84. The SMILES string of the molecule is c1ccc(-n2cc(N3CCC(CCN4CCCC4)CC3)c(C3CCC3)n2)cc1. The van der Waals surface area contributed by atoms with Crippen molar-refractivity contribution in [1.29, 1.82) is 0 Å². The summed E-state index contributed by atoms with van der Waals surface area (Å²) in [6.45, 7) is 6.39. The van der Waals surface area contributed by atoms with Crippen molar-refractivity contribution in [1.82, 2.24) is 14.7 Å². The van der Waals surface area contributed by atoms with Crippen LogP contribution < -0.4 is 4.90 Å². The predicted molar refractivity (Wildman–Crippen MR) is 115 cm³/mol. The zero-order chi connectivity index (χ0) is 18.8. The zero-order valence-electron chi connectivity index (χ0n) is 17.1. The number of benzene rings is 1. The summed E-state index contributed by atoms with van der Waals surface area (Å²) in [4.78, 5) is 5.30. The lowest BCUT2D eigenvalue weighted by Gasteiger charge is -2.35. The summed E-state index contributed by atoms with van der Waals surface area (Å²) >= 11 is 0. The number of nitrogens with zero attached hydrogens (tertiary/aromatic N) is 4. The Kier molecular flexibility index (Phi) is 5.39. The molecular weight excluding hydrogens is 344 g/mol. The minimum Gasteiger partial charge on any atom is -0.369 e. The summed E-state index contributed by atoms with van der Waals surface area (Å²) < 4.78 is 2.11. The van der Waals surface area contributed by atoms with Crippen LogP contribution in [0.15, 0.2) is 36.5 Å². The van der Waals surface area contributed by atoms with Gasteiger partial charge >= 0.3 is 0 Å². The first kappa shape index (κ1) is 18.2. The maximum absolute atomic E-state index is 5.05. The van der Waals surface area contributed by atoms with E-state index in [9.17, 15) is 0 Å². The fourth-order valence-corrected chi connectivity index (χ4v) is 5.14. The number of rotatable bonds is 6. The molecule has 0 bridgehead atoms. The van der Waals surface area contributed by atoms with Gasteiger partial charge in [-0.05, 0) is 82.6 Å². The molecule has 3 heterocycles. The van der Waals surface area contributed by atoms with E-state index in [1.807, 2.05) is 0 Å². The van der Waals surface area contributed by atoms with Crippen LogP contribution in [0.25, 0.3) is 5.69 Å². The maximum atomic E-state index is 5.05. The van der Waals surface area contributed by atoms with Crippen LogP contribution in [0.3, 0.4) is 0 Å². The van der Waals surface area contributed by atoms with E-state index >= 15 is 0 Å². The molecule has 2 saturated heterocycles. The first-order chi connectivity index (χ1) is 13.9. The van der Waals surface area contributed by atoms with Gasteiger partial charge < -0.3 is 9.80 Å². The van der Waals surface area contributed by atoms with E-state index in [0.29, 0.717) is 5.92 Å². The van der Waals surface area contributed by atoms with Crippen LogP contribution in [-0.4, -0.2) is 47.4 Å². The lowest BCUT2D eigenvalue weighted by Crippen LogP contribution is -2.35. The van der Waals surface area contributed by atoms with E-state index in [-0.39, 0.29) is 0 Å². The molecule has 0 N–H and O–H groups in total. The molecule has 1 saturated carbocycles. The van der Waals surface area contributed by atoms with Crippen LogP contribution in [0.1, 0.15) is 63.0 Å². The van der Waals surface area contributed by atoms with Crippen molar-refractivity contribution in [3.05, 3.63) is 42.2 Å². The molecule has 1 aromatic heterocycles. The highest BCUT2D eigenvalue weighted by Crippen LogP contribution is 2.41. The molecule has 4 nitrogen and oxygen atoms in total. The van der Waals surface area contributed by atoms with Crippen LogP contribution in [-0.2, 0) is 0 Å². The maximum Gasteiger partial charge on any atom is 0.0893 e. The highest BCUT2D eigenvalue weighted by Gasteiger charge is 2.30. The number of anilines is 1. The fraction of sp³-hybridized carbons (Fsp3) is 0.625. The first-order valence-electron chi connectivity index (χ1n) is 11.5. The Balaban J connectivity index is 1.26. The molecule has 150 valence electrons. The van der Waals surface area contributed by atoms with Gasteiger partial charge in [0, 0.05) is 19.0 Å². The number of para-hydroxylation sites is 1. The third-order valence-corrected chi connectivity index (χ3v) is 7.24. The van der Waals surface area contributed by atoms with Crippen molar-refractivity contribution < 1.29 is 0 Å². The van der Waals surface area contributed by atoms with Crippen molar-refractivity contribution in [3.63, 3.8) is 0 Å². The summed E-state index contributed by atoms with van der Waals surface area (Å²) in [5.41, 5.74) is 3.94. The van der Waals surface area contributed by atoms with E-state index in [1.165, 1.54) is 101 Å². The summed E-state index contributed by atoms with van der Waals surface area (Å²) in [5, 5.41) is 5.05. The second-order valence-electron chi connectivity index (χ2n) is 9.08. The molecule has 1 aliphatic carbocycles. The van der Waals surface area contributed by atoms with Crippen molar-refractivity contribution in [2.75, 3.05) is 37.6 Å². The van der Waals surface area contributed by atoms with E-state index in [4.69, 9.17) is 5.10 Å².